The third kappa shape index (κ3) is 5.68. The van der Waals surface area contributed by atoms with Crippen LogP contribution in [0.3, 0.4) is 0 Å². The predicted molar refractivity (Wildman–Crippen MR) is 127 cm³/mol. The van der Waals surface area contributed by atoms with E-state index in [1.807, 2.05) is 13.8 Å². The van der Waals surface area contributed by atoms with E-state index in [2.05, 4.69) is 24.8 Å². The number of fused-ring (bicyclic) bond motifs is 1. The quantitative estimate of drug-likeness (QED) is 0.330. The average Bonchev–Trinajstić information content (AvgIpc) is 3.45. The number of nitrogens with zero attached hydrogens (tertiary/aromatic N) is 4. The molecule has 4 aromatic rings. The molecule has 0 fully saturated rings. The summed E-state index contributed by atoms with van der Waals surface area (Å²) in [4.78, 5) is 11.5. The van der Waals surface area contributed by atoms with E-state index >= 15 is 0 Å². The maximum Gasteiger partial charge on any atom is 0.272 e. The largest absolute Gasteiger partial charge is 0.480 e. The molecule has 0 aliphatic carbocycles. The Hall–Kier alpha value is -3.32. The first kappa shape index (κ1) is 26.3. The van der Waals surface area contributed by atoms with E-state index in [9.17, 15) is 17.4 Å². The molecule has 1 aromatic carbocycles. The standard InChI is InChI=1S/C19H16ClF3N6O3S.C2H6/c1-9-17(32-8-13(21)22)18(31-2)26-19(25-9)28-33(30)12-7-24-15-10(12)3-4-11(20)16(15)29-6-5-14(23)27-29;1-2/h3-7,13,24H,8H2,1-2H3,(H,25,26,28);1-2H3. The summed E-state index contributed by atoms with van der Waals surface area (Å²) in [5, 5.41) is 4.58. The molecule has 188 valence electrons. The van der Waals surface area contributed by atoms with Gasteiger partial charge in [0.2, 0.25) is 17.6 Å². The Morgan fingerprint density at radius 3 is 2.63 bits per heavy atom. The second-order valence-corrected chi connectivity index (χ2v) is 8.19. The summed E-state index contributed by atoms with van der Waals surface area (Å²) in [5.41, 5.74) is 1.09. The molecule has 9 nitrogen and oxygen atoms in total. The van der Waals surface area contributed by atoms with Gasteiger partial charge in [0, 0.05) is 23.8 Å². The molecule has 14 heteroatoms. The SMILES string of the molecule is CC.COc1nc(NS(=O)c2c[nH]c3c(-n4ccc(F)n4)c(Cl)ccc23)nc(C)c1OCC(F)F. The molecule has 0 saturated heterocycles. The van der Waals surface area contributed by atoms with E-state index in [-0.39, 0.29) is 23.3 Å². The van der Waals surface area contributed by atoms with Crippen LogP contribution in [0.25, 0.3) is 16.6 Å². The molecule has 1 atom stereocenters. The minimum Gasteiger partial charge on any atom is -0.480 e. The highest BCUT2D eigenvalue weighted by atomic mass is 35.5. The van der Waals surface area contributed by atoms with Gasteiger partial charge in [0.15, 0.2) is 11.0 Å². The van der Waals surface area contributed by atoms with Crippen LogP contribution in [-0.2, 0) is 11.0 Å². The summed E-state index contributed by atoms with van der Waals surface area (Å²) in [7, 11) is -0.557. The van der Waals surface area contributed by atoms with E-state index in [4.69, 9.17) is 21.1 Å². The molecular formula is C21H22ClF3N6O3S. The second-order valence-electron chi connectivity index (χ2n) is 6.60. The zero-order valence-electron chi connectivity index (χ0n) is 19.1. The van der Waals surface area contributed by atoms with Crippen LogP contribution in [-0.4, -0.2) is 49.1 Å². The van der Waals surface area contributed by atoms with Crippen LogP contribution in [0.2, 0.25) is 5.02 Å². The van der Waals surface area contributed by atoms with Gasteiger partial charge in [0.25, 0.3) is 12.3 Å². The molecule has 35 heavy (non-hydrogen) atoms. The van der Waals surface area contributed by atoms with Crippen molar-refractivity contribution in [1.29, 1.82) is 0 Å². The zero-order chi connectivity index (χ0) is 25.7. The van der Waals surface area contributed by atoms with E-state index < -0.39 is 30.0 Å². The topological polar surface area (TPSA) is 107 Å². The number of hydrogen-bond donors (Lipinski definition) is 2. The van der Waals surface area contributed by atoms with Crippen LogP contribution in [0.15, 0.2) is 35.5 Å². The first-order valence-electron chi connectivity index (χ1n) is 10.3. The van der Waals surface area contributed by atoms with Crippen LogP contribution in [0.5, 0.6) is 11.6 Å². The molecule has 3 aromatic heterocycles. The number of benzene rings is 1. The van der Waals surface area contributed by atoms with Crippen molar-refractivity contribution in [2.24, 2.45) is 0 Å². The van der Waals surface area contributed by atoms with Crippen LogP contribution >= 0.6 is 11.6 Å². The number of aryl methyl sites for hydroxylation is 1. The zero-order valence-corrected chi connectivity index (χ0v) is 20.7. The number of halogens is 4. The summed E-state index contributed by atoms with van der Waals surface area (Å²) < 4.78 is 65.5. The highest BCUT2D eigenvalue weighted by Gasteiger charge is 2.20. The van der Waals surface area contributed by atoms with Crippen molar-refractivity contribution >= 4 is 39.4 Å². The van der Waals surface area contributed by atoms with Gasteiger partial charge in [-0.05, 0) is 19.1 Å². The number of rotatable bonds is 8. The molecule has 0 aliphatic heterocycles. The number of methoxy groups -OCH3 is 1. The summed E-state index contributed by atoms with van der Waals surface area (Å²) in [6, 6.07) is 4.41. The predicted octanol–water partition coefficient (Wildman–Crippen LogP) is 5.06. The molecule has 2 N–H and O–H groups in total. The Morgan fingerprint density at radius 1 is 1.26 bits per heavy atom. The van der Waals surface area contributed by atoms with Gasteiger partial charge in [0.1, 0.15) is 12.3 Å². The highest BCUT2D eigenvalue weighted by Crippen LogP contribution is 2.33. The van der Waals surface area contributed by atoms with Crippen molar-refractivity contribution in [3.63, 3.8) is 0 Å². The number of H-pyrrole nitrogens is 1. The van der Waals surface area contributed by atoms with E-state index in [1.165, 1.54) is 37.2 Å². The van der Waals surface area contributed by atoms with Crippen LogP contribution < -0.4 is 14.2 Å². The van der Waals surface area contributed by atoms with Crippen molar-refractivity contribution in [2.45, 2.75) is 32.1 Å². The second kappa shape index (κ2) is 11.4. The summed E-state index contributed by atoms with van der Waals surface area (Å²) in [6.45, 7) is 4.67. The fourth-order valence-electron chi connectivity index (χ4n) is 3.11. The summed E-state index contributed by atoms with van der Waals surface area (Å²) >= 11 is 6.29. The third-order valence-electron chi connectivity index (χ3n) is 4.46. The van der Waals surface area contributed by atoms with Crippen molar-refractivity contribution in [1.82, 2.24) is 24.7 Å². The first-order chi connectivity index (χ1) is 16.8. The molecule has 0 amide bonds. The van der Waals surface area contributed by atoms with Gasteiger partial charge in [0.05, 0.1) is 28.2 Å². The van der Waals surface area contributed by atoms with Gasteiger partial charge < -0.3 is 14.5 Å². The number of anilines is 1. The Labute approximate surface area is 206 Å². The average molecular weight is 531 g/mol. The molecule has 0 saturated carbocycles. The number of alkyl halides is 2. The minimum absolute atomic E-state index is 0.0352. The van der Waals surface area contributed by atoms with Crippen LogP contribution in [0.4, 0.5) is 19.1 Å². The molecule has 1 unspecified atom stereocenters. The Balaban J connectivity index is 0.00000167. The maximum absolute atomic E-state index is 13.4. The van der Waals surface area contributed by atoms with Crippen LogP contribution in [0.1, 0.15) is 19.5 Å². The van der Waals surface area contributed by atoms with Gasteiger partial charge in [-0.25, -0.2) is 22.7 Å². The number of aromatic amines is 1. The molecule has 3 heterocycles. The Bertz CT molecular complexity index is 1350. The number of hydrogen-bond acceptors (Lipinski definition) is 6. The first-order valence-corrected chi connectivity index (χ1v) is 11.8. The normalized spacial score (nSPS) is 11.8. The van der Waals surface area contributed by atoms with Gasteiger partial charge >= 0.3 is 0 Å². The minimum atomic E-state index is -2.68. The monoisotopic (exact) mass is 530 g/mol. The lowest BCUT2D eigenvalue weighted by molar-refractivity contribution is 0.0795. The van der Waals surface area contributed by atoms with Crippen molar-refractivity contribution < 1.29 is 26.9 Å². The molecular weight excluding hydrogens is 509 g/mol. The smallest absolute Gasteiger partial charge is 0.272 e. The fourth-order valence-corrected chi connectivity index (χ4v) is 4.25. The molecule has 0 aliphatic rings. The van der Waals surface area contributed by atoms with Crippen molar-refractivity contribution in [3.05, 3.63) is 47.3 Å². The maximum atomic E-state index is 13.4. The van der Waals surface area contributed by atoms with Crippen molar-refractivity contribution in [3.8, 4) is 17.3 Å². The van der Waals surface area contributed by atoms with E-state index in [0.29, 0.717) is 26.5 Å². The van der Waals surface area contributed by atoms with E-state index in [1.54, 1.807) is 12.1 Å². The molecule has 0 bridgehead atoms. The molecule has 4 rings (SSSR count). The van der Waals surface area contributed by atoms with Gasteiger partial charge in [-0.1, -0.05) is 25.4 Å². The van der Waals surface area contributed by atoms with Crippen molar-refractivity contribution in [2.75, 3.05) is 18.4 Å². The Kier molecular flexibility index (Phi) is 8.57. The highest BCUT2D eigenvalue weighted by molar-refractivity contribution is 7.86. The van der Waals surface area contributed by atoms with E-state index in [0.717, 1.165) is 0 Å². The third-order valence-corrected chi connectivity index (χ3v) is 5.87. The lowest BCUT2D eigenvalue weighted by Crippen LogP contribution is -2.13. The number of ether oxygens (including phenoxy) is 2. The number of aromatic nitrogens is 5. The Morgan fingerprint density at radius 2 is 2.00 bits per heavy atom. The van der Waals surface area contributed by atoms with Gasteiger partial charge in [-0.3, -0.25) is 4.72 Å². The summed E-state index contributed by atoms with van der Waals surface area (Å²) in [5.74, 6) is -0.865. The lowest BCUT2D eigenvalue weighted by atomic mass is 10.2. The number of nitrogens with one attached hydrogen (secondary N) is 2. The fraction of sp³-hybridized carbons (Fsp3) is 0.286. The van der Waals surface area contributed by atoms with Gasteiger partial charge in [-0.2, -0.15) is 9.37 Å². The molecule has 0 spiro atoms. The van der Waals surface area contributed by atoms with Crippen LogP contribution in [0, 0.1) is 12.9 Å². The summed E-state index contributed by atoms with van der Waals surface area (Å²) in [6.07, 6.45) is 0.224. The van der Waals surface area contributed by atoms with Gasteiger partial charge in [-0.15, -0.1) is 5.10 Å². The molecule has 0 radical (unpaired) electrons. The lowest BCUT2D eigenvalue weighted by Gasteiger charge is -2.13.